The quantitative estimate of drug-likeness (QED) is 0.764. The molecule has 2 rings (SSSR count). The molecule has 0 saturated heterocycles. The van der Waals surface area contributed by atoms with Gasteiger partial charge in [0.1, 0.15) is 0 Å². The molecule has 0 aliphatic rings. The lowest BCUT2D eigenvalue weighted by Gasteiger charge is -2.32. The smallest absolute Gasteiger partial charge is 0.226 e. The highest BCUT2D eigenvalue weighted by Crippen LogP contribution is 2.23. The van der Waals surface area contributed by atoms with Crippen molar-refractivity contribution >= 4 is 5.91 Å². The van der Waals surface area contributed by atoms with E-state index in [0.29, 0.717) is 12.8 Å². The number of carbonyl (C=O) groups is 1. The number of hydrogen-bond donors (Lipinski definition) is 2. The van der Waals surface area contributed by atoms with Crippen molar-refractivity contribution in [3.63, 3.8) is 0 Å². The van der Waals surface area contributed by atoms with Crippen LogP contribution in [0.1, 0.15) is 37.5 Å². The van der Waals surface area contributed by atoms with E-state index in [4.69, 9.17) is 0 Å². The zero-order chi connectivity index (χ0) is 19.1. The average Bonchev–Trinajstić information content (AvgIpc) is 2.66. The van der Waals surface area contributed by atoms with Crippen molar-refractivity contribution in [1.82, 2.24) is 4.90 Å². The lowest BCUT2D eigenvalue weighted by Crippen LogP contribution is -2.43. The maximum atomic E-state index is 13.1. The number of nitrogens with zero attached hydrogens (tertiary/aromatic N) is 1. The number of amides is 1. The van der Waals surface area contributed by atoms with Gasteiger partial charge in [-0.2, -0.15) is 0 Å². The molecule has 1 amide bonds. The summed E-state index contributed by atoms with van der Waals surface area (Å²) in [7, 11) is 1.72. The molecule has 0 saturated carbocycles. The van der Waals surface area contributed by atoms with Crippen molar-refractivity contribution in [2.75, 3.05) is 7.05 Å². The van der Waals surface area contributed by atoms with Crippen LogP contribution in [0.15, 0.2) is 60.7 Å². The Balaban J connectivity index is 2.12. The predicted octanol–water partition coefficient (Wildman–Crippen LogP) is 3.20. The van der Waals surface area contributed by atoms with Gasteiger partial charge in [-0.1, -0.05) is 60.7 Å². The Kier molecular flexibility index (Phi) is 7.37. The molecule has 0 aliphatic heterocycles. The van der Waals surface area contributed by atoms with E-state index < -0.39 is 12.2 Å². The minimum absolute atomic E-state index is 0.0581. The van der Waals surface area contributed by atoms with E-state index >= 15 is 0 Å². The van der Waals surface area contributed by atoms with E-state index in [2.05, 4.69) is 0 Å². The van der Waals surface area contributed by atoms with Gasteiger partial charge >= 0.3 is 0 Å². The Morgan fingerprint density at radius 3 is 2.04 bits per heavy atom. The summed E-state index contributed by atoms with van der Waals surface area (Å²) in [6.45, 7) is 3.55. The molecule has 0 unspecified atom stereocenters. The lowest BCUT2D eigenvalue weighted by molar-refractivity contribution is -0.139. The summed E-state index contributed by atoms with van der Waals surface area (Å²) in [5.74, 6) is -0.384. The van der Waals surface area contributed by atoms with E-state index in [1.807, 2.05) is 67.6 Å². The molecule has 0 aliphatic carbocycles. The summed E-state index contributed by atoms with van der Waals surface area (Å²) >= 11 is 0. The molecule has 0 bridgehead atoms. The van der Waals surface area contributed by atoms with Crippen LogP contribution < -0.4 is 0 Å². The number of carbonyl (C=O) groups excluding carboxylic acids is 1. The first-order chi connectivity index (χ1) is 12.4. The molecule has 2 aromatic rings. The van der Waals surface area contributed by atoms with E-state index in [9.17, 15) is 15.0 Å². The van der Waals surface area contributed by atoms with E-state index in [1.54, 1.807) is 18.9 Å². The minimum Gasteiger partial charge on any atom is -0.393 e. The molecule has 0 spiro atoms. The van der Waals surface area contributed by atoms with Crippen LogP contribution in [0.25, 0.3) is 0 Å². The van der Waals surface area contributed by atoms with Crippen molar-refractivity contribution < 1.29 is 15.0 Å². The van der Waals surface area contributed by atoms with Crippen molar-refractivity contribution in [1.29, 1.82) is 0 Å². The summed E-state index contributed by atoms with van der Waals surface area (Å²) in [5.41, 5.74) is 1.85. The van der Waals surface area contributed by atoms with Crippen molar-refractivity contribution in [2.24, 2.45) is 5.92 Å². The zero-order valence-corrected chi connectivity index (χ0v) is 15.7. The van der Waals surface area contributed by atoms with Crippen LogP contribution in [-0.2, 0) is 11.2 Å². The Morgan fingerprint density at radius 2 is 1.50 bits per heavy atom. The van der Waals surface area contributed by atoms with Gasteiger partial charge in [0.2, 0.25) is 5.91 Å². The average molecular weight is 355 g/mol. The molecule has 0 fully saturated rings. The van der Waals surface area contributed by atoms with Crippen LogP contribution >= 0.6 is 0 Å². The SMILES string of the molecule is C[C@H](O)C[C@H](Cc1ccccc1)C(=O)N(C)[C@@H](C)[C@@H](O)c1ccccc1. The molecule has 4 heteroatoms. The molecule has 0 radical (unpaired) electrons. The summed E-state index contributed by atoms with van der Waals surface area (Å²) < 4.78 is 0. The molecule has 2 N–H and O–H groups in total. The van der Waals surface area contributed by atoms with Crippen LogP contribution in [0.4, 0.5) is 0 Å². The van der Waals surface area contributed by atoms with Crippen molar-refractivity contribution in [3.05, 3.63) is 71.8 Å². The summed E-state index contributed by atoms with van der Waals surface area (Å²) in [4.78, 5) is 14.7. The van der Waals surface area contributed by atoms with Gasteiger partial charge in [-0.25, -0.2) is 0 Å². The second kappa shape index (κ2) is 9.51. The van der Waals surface area contributed by atoms with Gasteiger partial charge in [0.15, 0.2) is 0 Å². The highest BCUT2D eigenvalue weighted by molar-refractivity contribution is 5.79. The number of aliphatic hydroxyl groups is 2. The van der Waals surface area contributed by atoms with Gasteiger partial charge in [0.05, 0.1) is 18.2 Å². The second-order valence-electron chi connectivity index (χ2n) is 7.02. The van der Waals surface area contributed by atoms with Crippen molar-refractivity contribution in [3.8, 4) is 0 Å². The van der Waals surface area contributed by atoms with Crippen LogP contribution in [0.3, 0.4) is 0 Å². The first-order valence-corrected chi connectivity index (χ1v) is 9.11. The lowest BCUT2D eigenvalue weighted by atomic mass is 9.91. The Morgan fingerprint density at radius 1 is 0.962 bits per heavy atom. The van der Waals surface area contributed by atoms with Crippen LogP contribution in [-0.4, -0.2) is 40.2 Å². The Labute approximate surface area is 156 Å². The topological polar surface area (TPSA) is 60.8 Å². The maximum absolute atomic E-state index is 13.1. The molecule has 0 heterocycles. The summed E-state index contributed by atoms with van der Waals surface area (Å²) in [6.07, 6.45) is -0.348. The summed E-state index contributed by atoms with van der Waals surface area (Å²) in [5, 5.41) is 20.5. The normalized spacial score (nSPS) is 15.7. The Hall–Kier alpha value is -2.17. The standard InChI is InChI=1S/C22H29NO3/c1-16(24)14-20(15-18-10-6-4-7-11-18)22(26)23(3)17(2)21(25)19-12-8-5-9-13-19/h4-13,16-17,20-21,24-25H,14-15H2,1-3H3/t16-,17-,20+,21+/m0/s1. The fraction of sp³-hybridized carbons (Fsp3) is 0.409. The van der Waals surface area contributed by atoms with Gasteiger partial charge in [0, 0.05) is 13.0 Å². The minimum atomic E-state index is -0.755. The number of hydrogen-bond acceptors (Lipinski definition) is 3. The molecule has 140 valence electrons. The number of aliphatic hydroxyl groups excluding tert-OH is 2. The fourth-order valence-electron chi connectivity index (χ4n) is 3.21. The second-order valence-corrected chi connectivity index (χ2v) is 7.02. The highest BCUT2D eigenvalue weighted by atomic mass is 16.3. The molecule has 4 nitrogen and oxygen atoms in total. The third-order valence-corrected chi connectivity index (χ3v) is 4.86. The maximum Gasteiger partial charge on any atom is 0.226 e. The number of benzene rings is 2. The monoisotopic (exact) mass is 355 g/mol. The largest absolute Gasteiger partial charge is 0.393 e. The van der Waals surface area contributed by atoms with Crippen LogP contribution in [0.2, 0.25) is 0 Å². The third kappa shape index (κ3) is 5.41. The Bertz CT molecular complexity index is 672. The van der Waals surface area contributed by atoms with Gasteiger partial charge in [-0.15, -0.1) is 0 Å². The molecule has 4 atom stereocenters. The van der Waals surface area contributed by atoms with Gasteiger partial charge in [-0.05, 0) is 37.8 Å². The van der Waals surface area contributed by atoms with E-state index in [1.165, 1.54) is 0 Å². The zero-order valence-electron chi connectivity index (χ0n) is 15.7. The molecule has 0 aromatic heterocycles. The fourth-order valence-corrected chi connectivity index (χ4v) is 3.21. The van der Waals surface area contributed by atoms with Crippen LogP contribution in [0, 0.1) is 5.92 Å². The van der Waals surface area contributed by atoms with Gasteiger partial charge in [-0.3, -0.25) is 4.79 Å². The number of rotatable bonds is 8. The first kappa shape index (κ1) is 20.1. The summed E-state index contributed by atoms with van der Waals surface area (Å²) in [6, 6.07) is 18.8. The van der Waals surface area contributed by atoms with Crippen LogP contribution in [0.5, 0.6) is 0 Å². The van der Waals surface area contributed by atoms with Gasteiger partial charge < -0.3 is 15.1 Å². The van der Waals surface area contributed by atoms with Crippen molar-refractivity contribution in [2.45, 2.75) is 44.9 Å². The predicted molar refractivity (Wildman–Crippen MR) is 104 cm³/mol. The van der Waals surface area contributed by atoms with Gasteiger partial charge in [0.25, 0.3) is 0 Å². The first-order valence-electron chi connectivity index (χ1n) is 9.11. The molecular weight excluding hydrogens is 326 g/mol. The molecular formula is C22H29NO3. The molecule has 2 aromatic carbocycles. The number of likely N-dealkylation sites (N-methyl/N-ethyl adjacent to an activating group) is 1. The van der Waals surface area contributed by atoms with E-state index in [0.717, 1.165) is 11.1 Å². The highest BCUT2D eigenvalue weighted by Gasteiger charge is 2.30. The van der Waals surface area contributed by atoms with E-state index in [-0.39, 0.29) is 17.9 Å². The molecule has 26 heavy (non-hydrogen) atoms. The third-order valence-electron chi connectivity index (χ3n) is 4.86.